The zero-order chi connectivity index (χ0) is 19.5. The molecule has 1 fully saturated rings. The Morgan fingerprint density at radius 3 is 2.79 bits per heavy atom. The molecule has 0 radical (unpaired) electrons. The Bertz CT molecular complexity index is 935. The van der Waals surface area contributed by atoms with E-state index in [-0.39, 0.29) is 24.0 Å². The number of rotatable bonds is 6. The monoisotopic (exact) mass is 378 g/mol. The highest BCUT2D eigenvalue weighted by Crippen LogP contribution is 2.38. The van der Waals surface area contributed by atoms with Crippen LogP contribution in [0.3, 0.4) is 0 Å². The van der Waals surface area contributed by atoms with Gasteiger partial charge in [0.15, 0.2) is 0 Å². The molecule has 1 aromatic carbocycles. The number of aliphatic hydroxyl groups excluding tert-OH is 1. The van der Waals surface area contributed by atoms with Crippen molar-refractivity contribution in [2.75, 3.05) is 7.11 Å². The minimum Gasteiger partial charge on any atom is -0.481 e. The number of benzene rings is 1. The third-order valence-corrected chi connectivity index (χ3v) is 5.13. The van der Waals surface area contributed by atoms with Gasteiger partial charge in [0, 0.05) is 35.8 Å². The number of carbonyl (C=O) groups is 1. The molecular formula is C21H22N4O3. The summed E-state index contributed by atoms with van der Waals surface area (Å²) in [6.07, 6.45) is 6.14. The minimum absolute atomic E-state index is 0.169. The Morgan fingerprint density at radius 1 is 1.29 bits per heavy atom. The van der Waals surface area contributed by atoms with Crippen molar-refractivity contribution in [1.29, 1.82) is 0 Å². The van der Waals surface area contributed by atoms with Gasteiger partial charge in [0.1, 0.15) is 5.82 Å². The van der Waals surface area contributed by atoms with Crippen LogP contribution in [-0.4, -0.2) is 39.2 Å². The third-order valence-electron chi connectivity index (χ3n) is 5.13. The maximum absolute atomic E-state index is 13.0. The number of H-pyrrole nitrogens is 1. The summed E-state index contributed by atoms with van der Waals surface area (Å²) >= 11 is 0. The molecule has 7 nitrogen and oxygen atoms in total. The molecule has 1 aliphatic rings. The first-order chi connectivity index (χ1) is 13.6. The number of aromatic nitrogens is 3. The van der Waals surface area contributed by atoms with Gasteiger partial charge in [0.05, 0.1) is 19.3 Å². The van der Waals surface area contributed by atoms with Crippen molar-refractivity contribution in [2.24, 2.45) is 5.92 Å². The Labute approximate surface area is 162 Å². The van der Waals surface area contributed by atoms with Crippen LogP contribution in [0.4, 0.5) is 0 Å². The first-order valence-electron chi connectivity index (χ1n) is 9.22. The summed E-state index contributed by atoms with van der Waals surface area (Å²) in [5, 5.41) is 12.9. The molecule has 28 heavy (non-hydrogen) atoms. The SMILES string of the molecule is COc1ccc([C@H](NC(=O)c2cccc(-c3ncc[nH]3)c2)C2CC(O)C2)cn1. The molecule has 1 atom stereocenters. The Balaban J connectivity index is 1.56. The van der Waals surface area contributed by atoms with Crippen LogP contribution in [0.1, 0.15) is 34.8 Å². The number of hydrogen-bond donors (Lipinski definition) is 3. The average Bonchev–Trinajstić information content (AvgIpc) is 3.25. The fourth-order valence-corrected chi connectivity index (χ4v) is 3.53. The molecule has 1 saturated carbocycles. The fourth-order valence-electron chi connectivity index (χ4n) is 3.53. The number of nitrogens with zero attached hydrogens (tertiary/aromatic N) is 2. The second kappa shape index (κ2) is 7.82. The smallest absolute Gasteiger partial charge is 0.251 e. The first-order valence-corrected chi connectivity index (χ1v) is 9.22. The number of aliphatic hydroxyl groups is 1. The molecule has 3 aromatic rings. The first kappa shape index (κ1) is 18.2. The normalized spacial score (nSPS) is 19.5. The summed E-state index contributed by atoms with van der Waals surface area (Å²) in [6, 6.07) is 10.8. The van der Waals surface area contributed by atoms with E-state index in [0.717, 1.165) is 11.1 Å². The van der Waals surface area contributed by atoms with Crippen LogP contribution in [-0.2, 0) is 0 Å². The second-order valence-corrected chi connectivity index (χ2v) is 6.99. The van der Waals surface area contributed by atoms with Crippen LogP contribution >= 0.6 is 0 Å². The minimum atomic E-state index is -0.308. The summed E-state index contributed by atoms with van der Waals surface area (Å²) < 4.78 is 5.12. The lowest BCUT2D eigenvalue weighted by molar-refractivity contribution is 0.0234. The summed E-state index contributed by atoms with van der Waals surface area (Å²) in [6.45, 7) is 0. The lowest BCUT2D eigenvalue weighted by Crippen LogP contribution is -2.41. The maximum atomic E-state index is 13.0. The predicted octanol–water partition coefficient (Wildman–Crippen LogP) is 2.72. The predicted molar refractivity (Wildman–Crippen MR) is 104 cm³/mol. The highest BCUT2D eigenvalue weighted by atomic mass is 16.5. The number of pyridine rings is 1. The zero-order valence-corrected chi connectivity index (χ0v) is 15.5. The van der Waals surface area contributed by atoms with Gasteiger partial charge in [0.2, 0.25) is 5.88 Å². The number of amides is 1. The number of carbonyl (C=O) groups excluding carboxylic acids is 1. The maximum Gasteiger partial charge on any atom is 0.251 e. The van der Waals surface area contributed by atoms with E-state index >= 15 is 0 Å². The highest BCUT2D eigenvalue weighted by molar-refractivity contribution is 5.95. The largest absolute Gasteiger partial charge is 0.481 e. The summed E-state index contributed by atoms with van der Waals surface area (Å²) in [5.74, 6) is 1.24. The topological polar surface area (TPSA) is 100 Å². The second-order valence-electron chi connectivity index (χ2n) is 6.99. The molecule has 2 heterocycles. The van der Waals surface area contributed by atoms with Gasteiger partial charge >= 0.3 is 0 Å². The lowest BCUT2D eigenvalue weighted by atomic mass is 9.75. The van der Waals surface area contributed by atoms with Gasteiger partial charge in [-0.15, -0.1) is 0 Å². The number of hydrogen-bond acceptors (Lipinski definition) is 5. The fraction of sp³-hybridized carbons (Fsp3) is 0.286. The molecule has 0 saturated heterocycles. The molecule has 0 aliphatic heterocycles. The van der Waals surface area contributed by atoms with Crippen LogP contribution in [0.2, 0.25) is 0 Å². The van der Waals surface area contributed by atoms with Gasteiger partial charge < -0.3 is 20.1 Å². The van der Waals surface area contributed by atoms with Gasteiger partial charge in [-0.3, -0.25) is 4.79 Å². The summed E-state index contributed by atoms with van der Waals surface area (Å²) in [4.78, 5) is 24.5. The van der Waals surface area contributed by atoms with E-state index in [2.05, 4.69) is 20.3 Å². The van der Waals surface area contributed by atoms with E-state index in [9.17, 15) is 9.90 Å². The van der Waals surface area contributed by atoms with E-state index in [0.29, 0.717) is 30.1 Å². The average molecular weight is 378 g/mol. The molecule has 0 spiro atoms. The molecule has 144 valence electrons. The number of aromatic amines is 1. The zero-order valence-electron chi connectivity index (χ0n) is 15.5. The van der Waals surface area contributed by atoms with E-state index in [1.54, 1.807) is 37.8 Å². The van der Waals surface area contributed by atoms with Crippen LogP contribution < -0.4 is 10.1 Å². The van der Waals surface area contributed by atoms with Crippen LogP contribution in [0, 0.1) is 5.92 Å². The van der Waals surface area contributed by atoms with Gasteiger partial charge in [-0.2, -0.15) is 0 Å². The van der Waals surface area contributed by atoms with Crippen LogP contribution in [0.15, 0.2) is 55.0 Å². The molecule has 2 aromatic heterocycles. The van der Waals surface area contributed by atoms with Gasteiger partial charge in [-0.25, -0.2) is 9.97 Å². The number of ether oxygens (including phenoxy) is 1. The molecule has 4 rings (SSSR count). The van der Waals surface area contributed by atoms with Crippen LogP contribution in [0.25, 0.3) is 11.4 Å². The van der Waals surface area contributed by atoms with Crippen LogP contribution in [0.5, 0.6) is 5.88 Å². The molecule has 7 heteroatoms. The molecule has 3 N–H and O–H groups in total. The molecule has 1 amide bonds. The number of methoxy groups -OCH3 is 1. The Morgan fingerprint density at radius 2 is 2.14 bits per heavy atom. The standard InChI is InChI=1S/C21H22N4O3/c1-28-18-6-5-15(12-24-18)19(16-10-17(26)11-16)25-21(27)14-4-2-3-13(9-14)20-22-7-8-23-20/h2-9,12,16-17,19,26H,10-11H2,1H3,(H,22,23)(H,25,27)/t16?,17?,19-/m0/s1. The number of nitrogens with one attached hydrogen (secondary N) is 2. The van der Waals surface area contributed by atoms with Crippen molar-refractivity contribution in [1.82, 2.24) is 20.3 Å². The van der Waals surface area contributed by atoms with Crippen molar-refractivity contribution in [3.8, 4) is 17.3 Å². The molecule has 0 unspecified atom stereocenters. The molecular weight excluding hydrogens is 356 g/mol. The van der Waals surface area contributed by atoms with Crippen molar-refractivity contribution >= 4 is 5.91 Å². The van der Waals surface area contributed by atoms with E-state index < -0.39 is 0 Å². The quantitative estimate of drug-likeness (QED) is 0.612. The van der Waals surface area contributed by atoms with Crippen molar-refractivity contribution in [3.05, 3.63) is 66.1 Å². The lowest BCUT2D eigenvalue weighted by Gasteiger charge is -2.38. The van der Waals surface area contributed by atoms with Gasteiger partial charge in [-0.05, 0) is 36.5 Å². The van der Waals surface area contributed by atoms with Gasteiger partial charge in [0.25, 0.3) is 5.91 Å². The Hall–Kier alpha value is -3.19. The highest BCUT2D eigenvalue weighted by Gasteiger charge is 2.36. The number of imidazole rings is 1. The molecule has 1 aliphatic carbocycles. The third kappa shape index (κ3) is 3.75. The summed E-state index contributed by atoms with van der Waals surface area (Å²) in [7, 11) is 1.57. The van der Waals surface area contributed by atoms with E-state index in [1.165, 1.54) is 0 Å². The van der Waals surface area contributed by atoms with Crippen molar-refractivity contribution < 1.29 is 14.6 Å². The van der Waals surface area contributed by atoms with Gasteiger partial charge in [-0.1, -0.05) is 18.2 Å². The van der Waals surface area contributed by atoms with E-state index in [1.807, 2.05) is 24.3 Å². The van der Waals surface area contributed by atoms with E-state index in [4.69, 9.17) is 4.74 Å². The Kier molecular flexibility index (Phi) is 5.08. The van der Waals surface area contributed by atoms with Crippen molar-refractivity contribution in [3.63, 3.8) is 0 Å². The molecule has 0 bridgehead atoms. The van der Waals surface area contributed by atoms with Crippen molar-refractivity contribution in [2.45, 2.75) is 25.0 Å². The summed E-state index contributed by atoms with van der Waals surface area (Å²) in [5.41, 5.74) is 2.30.